The lowest BCUT2D eigenvalue weighted by Gasteiger charge is -2.28. The number of benzene rings is 1. The predicted molar refractivity (Wildman–Crippen MR) is 99.4 cm³/mol. The van der Waals surface area contributed by atoms with Crippen LogP contribution in [0.15, 0.2) is 42.9 Å². The molecule has 0 atom stereocenters. The number of nitrogens with zero attached hydrogens (tertiary/aromatic N) is 4. The molecule has 2 aromatic heterocycles. The molecule has 0 amide bonds. The second-order valence-corrected chi connectivity index (χ2v) is 7.00. The van der Waals surface area contributed by atoms with E-state index in [1.54, 1.807) is 0 Å². The van der Waals surface area contributed by atoms with Gasteiger partial charge >= 0.3 is 0 Å². The molecule has 2 N–H and O–H groups in total. The van der Waals surface area contributed by atoms with Crippen molar-refractivity contribution in [1.82, 2.24) is 19.7 Å². The third kappa shape index (κ3) is 2.52. The molecule has 3 aromatic rings. The van der Waals surface area contributed by atoms with E-state index in [-0.39, 0.29) is 6.79 Å². The number of ether oxygens (including phenoxy) is 2. The van der Waals surface area contributed by atoms with E-state index in [9.17, 15) is 0 Å². The number of fused-ring (bicyclic) bond motifs is 2. The van der Waals surface area contributed by atoms with Gasteiger partial charge in [-0.15, -0.1) is 0 Å². The van der Waals surface area contributed by atoms with Gasteiger partial charge in [-0.3, -0.25) is 9.67 Å². The average Bonchev–Trinajstić information content (AvgIpc) is 3.10. The summed E-state index contributed by atoms with van der Waals surface area (Å²) < 4.78 is 13.0. The molecule has 27 heavy (non-hydrogen) atoms. The van der Waals surface area contributed by atoms with E-state index in [0.717, 1.165) is 34.6 Å². The molecule has 1 fully saturated rings. The van der Waals surface area contributed by atoms with Crippen LogP contribution >= 0.6 is 0 Å². The van der Waals surface area contributed by atoms with Crippen molar-refractivity contribution in [2.24, 2.45) is 0 Å². The first-order valence-electron chi connectivity index (χ1n) is 9.06. The SMILES string of the molecule is C1=C(Nc2cc(C3CC3)[nH]n2)n2ccnc2CN1c1ccc2c(c1)OCO2. The van der Waals surface area contributed by atoms with Crippen LogP contribution in [0.4, 0.5) is 11.5 Å². The molecular weight excluding hydrogens is 344 g/mol. The number of rotatable bonds is 4. The highest BCUT2D eigenvalue weighted by Crippen LogP contribution is 2.40. The number of H-pyrrole nitrogens is 1. The monoisotopic (exact) mass is 362 g/mol. The summed E-state index contributed by atoms with van der Waals surface area (Å²) in [6, 6.07) is 8.05. The Morgan fingerprint density at radius 3 is 3.00 bits per heavy atom. The summed E-state index contributed by atoms with van der Waals surface area (Å²) in [5.74, 6) is 4.86. The molecular formula is C19H18N6O2. The summed E-state index contributed by atoms with van der Waals surface area (Å²) in [4.78, 5) is 6.64. The molecule has 8 heteroatoms. The highest BCUT2D eigenvalue weighted by Gasteiger charge is 2.26. The minimum atomic E-state index is 0.272. The Morgan fingerprint density at radius 2 is 2.07 bits per heavy atom. The standard InChI is InChI=1S/C19H18N6O2/c1-2-12(1)14-8-17(23-22-14)21-19-10-24(9-18-20-5-6-25(18)19)13-3-4-15-16(7-13)27-11-26-15/h3-8,10,12H,1-2,9,11H2,(H2,21,22,23). The van der Waals surface area contributed by atoms with E-state index < -0.39 is 0 Å². The first kappa shape index (κ1) is 14.7. The number of anilines is 2. The smallest absolute Gasteiger partial charge is 0.231 e. The maximum Gasteiger partial charge on any atom is 0.231 e. The second-order valence-electron chi connectivity index (χ2n) is 7.00. The van der Waals surface area contributed by atoms with Crippen LogP contribution in [0.1, 0.15) is 30.3 Å². The Balaban J connectivity index is 1.33. The van der Waals surface area contributed by atoms with Crippen LogP contribution in [0.2, 0.25) is 0 Å². The topological polar surface area (TPSA) is 80.2 Å². The van der Waals surface area contributed by atoms with E-state index in [1.165, 1.54) is 18.5 Å². The average molecular weight is 362 g/mol. The van der Waals surface area contributed by atoms with Gasteiger partial charge in [0.25, 0.3) is 0 Å². The molecule has 0 spiro atoms. The van der Waals surface area contributed by atoms with E-state index >= 15 is 0 Å². The summed E-state index contributed by atoms with van der Waals surface area (Å²) in [6.45, 7) is 0.944. The third-order valence-corrected chi connectivity index (χ3v) is 5.13. The van der Waals surface area contributed by atoms with Crippen LogP contribution in [-0.4, -0.2) is 26.5 Å². The van der Waals surface area contributed by atoms with Gasteiger partial charge in [-0.2, -0.15) is 5.10 Å². The van der Waals surface area contributed by atoms with Crippen LogP contribution in [0.3, 0.4) is 0 Å². The number of imidazole rings is 1. The fourth-order valence-electron chi connectivity index (χ4n) is 3.54. The third-order valence-electron chi connectivity index (χ3n) is 5.13. The van der Waals surface area contributed by atoms with Crippen molar-refractivity contribution in [2.45, 2.75) is 25.3 Å². The summed E-state index contributed by atoms with van der Waals surface area (Å²) in [7, 11) is 0. The lowest BCUT2D eigenvalue weighted by molar-refractivity contribution is 0.174. The Bertz CT molecular complexity index is 1050. The number of nitrogens with one attached hydrogen (secondary N) is 2. The van der Waals surface area contributed by atoms with Crippen molar-refractivity contribution >= 4 is 17.3 Å². The minimum absolute atomic E-state index is 0.272. The van der Waals surface area contributed by atoms with E-state index in [4.69, 9.17) is 9.47 Å². The van der Waals surface area contributed by atoms with Crippen LogP contribution in [0, 0.1) is 0 Å². The maximum atomic E-state index is 5.52. The van der Waals surface area contributed by atoms with Gasteiger partial charge in [-0.25, -0.2) is 4.98 Å². The van der Waals surface area contributed by atoms with Gasteiger partial charge in [0.2, 0.25) is 6.79 Å². The molecule has 2 aliphatic heterocycles. The summed E-state index contributed by atoms with van der Waals surface area (Å²) in [5, 5.41) is 11.0. The normalized spacial score (nSPS) is 17.6. The first-order chi connectivity index (χ1) is 13.3. The van der Waals surface area contributed by atoms with Crippen molar-refractivity contribution in [3.05, 3.63) is 54.4 Å². The zero-order chi connectivity index (χ0) is 17.8. The van der Waals surface area contributed by atoms with Crippen LogP contribution < -0.4 is 19.7 Å². The summed E-state index contributed by atoms with van der Waals surface area (Å²) >= 11 is 0. The molecule has 1 saturated carbocycles. The highest BCUT2D eigenvalue weighted by atomic mass is 16.7. The number of hydrogen-bond donors (Lipinski definition) is 2. The van der Waals surface area contributed by atoms with Crippen molar-refractivity contribution in [1.29, 1.82) is 0 Å². The second kappa shape index (κ2) is 5.54. The molecule has 6 rings (SSSR count). The van der Waals surface area contributed by atoms with Gasteiger partial charge in [0.05, 0.1) is 6.54 Å². The largest absolute Gasteiger partial charge is 0.454 e. The fourth-order valence-corrected chi connectivity index (χ4v) is 3.54. The van der Waals surface area contributed by atoms with Gasteiger partial charge in [-0.1, -0.05) is 0 Å². The molecule has 0 bridgehead atoms. The van der Waals surface area contributed by atoms with Gasteiger partial charge in [0.1, 0.15) is 11.6 Å². The molecule has 0 radical (unpaired) electrons. The molecule has 136 valence electrons. The molecule has 0 saturated heterocycles. The summed E-state index contributed by atoms with van der Waals surface area (Å²) in [5.41, 5.74) is 2.22. The number of hydrogen-bond acceptors (Lipinski definition) is 6. The Morgan fingerprint density at radius 1 is 1.15 bits per heavy atom. The first-order valence-corrected chi connectivity index (χ1v) is 9.06. The van der Waals surface area contributed by atoms with E-state index in [0.29, 0.717) is 12.5 Å². The minimum Gasteiger partial charge on any atom is -0.454 e. The van der Waals surface area contributed by atoms with Gasteiger partial charge in [0.15, 0.2) is 17.3 Å². The number of aromatic nitrogens is 4. The van der Waals surface area contributed by atoms with Crippen molar-refractivity contribution in [2.75, 3.05) is 17.0 Å². The zero-order valence-electron chi connectivity index (χ0n) is 14.6. The molecule has 1 aromatic carbocycles. The molecule has 8 nitrogen and oxygen atoms in total. The van der Waals surface area contributed by atoms with Gasteiger partial charge in [0, 0.05) is 48.0 Å². The summed E-state index contributed by atoms with van der Waals surface area (Å²) in [6.07, 6.45) is 8.33. The van der Waals surface area contributed by atoms with E-state index in [1.807, 2.05) is 30.6 Å². The maximum absolute atomic E-state index is 5.52. The molecule has 3 aliphatic rings. The van der Waals surface area contributed by atoms with Crippen LogP contribution in [0.25, 0.3) is 5.82 Å². The van der Waals surface area contributed by atoms with Gasteiger partial charge < -0.3 is 19.7 Å². The zero-order valence-corrected chi connectivity index (χ0v) is 14.6. The highest BCUT2D eigenvalue weighted by molar-refractivity contribution is 5.69. The molecule has 1 aliphatic carbocycles. The van der Waals surface area contributed by atoms with Crippen LogP contribution in [0.5, 0.6) is 11.5 Å². The quantitative estimate of drug-likeness (QED) is 0.742. The lowest BCUT2D eigenvalue weighted by Crippen LogP contribution is -2.27. The van der Waals surface area contributed by atoms with Gasteiger partial charge in [-0.05, 0) is 25.0 Å². The lowest BCUT2D eigenvalue weighted by atomic mass is 10.2. The fraction of sp³-hybridized carbons (Fsp3) is 0.263. The predicted octanol–water partition coefficient (Wildman–Crippen LogP) is 3.10. The van der Waals surface area contributed by atoms with E-state index in [2.05, 4.69) is 42.2 Å². The molecule has 0 unspecified atom stereocenters. The van der Waals surface area contributed by atoms with Crippen molar-refractivity contribution < 1.29 is 9.47 Å². The van der Waals surface area contributed by atoms with Crippen molar-refractivity contribution in [3.8, 4) is 11.5 Å². The van der Waals surface area contributed by atoms with Crippen LogP contribution in [-0.2, 0) is 6.54 Å². The van der Waals surface area contributed by atoms with Crippen molar-refractivity contribution in [3.63, 3.8) is 0 Å². The Hall–Kier alpha value is -3.42. The Kier molecular flexibility index (Phi) is 3.02. The molecule has 4 heterocycles. The Labute approximate surface area is 155 Å². The number of aromatic amines is 1.